The van der Waals surface area contributed by atoms with Gasteiger partial charge in [0.25, 0.3) is 0 Å². The van der Waals surface area contributed by atoms with E-state index in [2.05, 4.69) is 72.5 Å². The molecule has 1 heterocycles. The van der Waals surface area contributed by atoms with Crippen LogP contribution in [0.15, 0.2) is 29.3 Å². The fraction of sp³-hybridized carbons (Fsp3) is 0.650. The Labute approximate surface area is 152 Å². The van der Waals surface area contributed by atoms with Crippen LogP contribution in [0.25, 0.3) is 0 Å². The summed E-state index contributed by atoms with van der Waals surface area (Å²) in [4.78, 5) is 6.88. The lowest BCUT2D eigenvalue weighted by Crippen LogP contribution is -2.55. The minimum absolute atomic E-state index is 0.0436. The van der Waals surface area contributed by atoms with Crippen molar-refractivity contribution >= 4 is 5.96 Å². The molecule has 1 aromatic rings. The maximum absolute atomic E-state index is 5.45. The number of hydrogen-bond donors (Lipinski definition) is 2. The molecule has 25 heavy (non-hydrogen) atoms. The van der Waals surface area contributed by atoms with Crippen LogP contribution in [0.5, 0.6) is 0 Å². The minimum Gasteiger partial charge on any atom is -0.377 e. The monoisotopic (exact) mass is 346 g/mol. The molecule has 0 amide bonds. The first kappa shape index (κ1) is 19.7. The van der Waals surface area contributed by atoms with E-state index >= 15 is 0 Å². The van der Waals surface area contributed by atoms with Crippen LogP contribution >= 0.6 is 0 Å². The van der Waals surface area contributed by atoms with E-state index in [9.17, 15) is 0 Å². The Balaban J connectivity index is 1.90. The highest BCUT2D eigenvalue weighted by atomic mass is 16.5. The van der Waals surface area contributed by atoms with Gasteiger partial charge in [0.1, 0.15) is 0 Å². The molecule has 1 aliphatic heterocycles. The van der Waals surface area contributed by atoms with E-state index in [0.717, 1.165) is 32.0 Å². The average Bonchev–Trinajstić information content (AvgIpc) is 2.61. The zero-order chi connectivity index (χ0) is 18.5. The van der Waals surface area contributed by atoms with Gasteiger partial charge in [0.2, 0.25) is 0 Å². The Morgan fingerprint density at radius 3 is 2.40 bits per heavy atom. The molecule has 0 aromatic heterocycles. The largest absolute Gasteiger partial charge is 0.377 e. The Hall–Kier alpha value is -1.59. The molecular weight excluding hydrogens is 312 g/mol. The molecule has 0 bridgehead atoms. The topological polar surface area (TPSA) is 48.9 Å². The van der Waals surface area contributed by atoms with Gasteiger partial charge in [-0.25, -0.2) is 0 Å². The Bertz CT molecular complexity index is 595. The lowest BCUT2D eigenvalue weighted by Gasteiger charge is -2.42. The van der Waals surface area contributed by atoms with Crippen molar-refractivity contribution in [3.8, 4) is 0 Å². The fourth-order valence-corrected chi connectivity index (χ4v) is 3.01. The van der Waals surface area contributed by atoms with Gasteiger partial charge >= 0.3 is 0 Å². The van der Waals surface area contributed by atoms with Crippen molar-refractivity contribution in [3.05, 3.63) is 35.4 Å². The number of benzene rings is 1. The standard InChI is InChI=1S/C20H34N4O/c1-19(2,14-22-18(21-5)23-15-20(3,4)25-6)24-12-11-16-9-7-8-10-17(16)13-24/h7-10H,11-15H2,1-6H3,(H2,21,22,23). The molecule has 5 nitrogen and oxygen atoms in total. The van der Waals surface area contributed by atoms with Gasteiger partial charge in [0, 0.05) is 45.9 Å². The van der Waals surface area contributed by atoms with Crippen molar-refractivity contribution in [3.63, 3.8) is 0 Å². The number of guanidine groups is 1. The Morgan fingerprint density at radius 2 is 1.76 bits per heavy atom. The SMILES string of the molecule is CN=C(NCC(C)(C)OC)NCC(C)(C)N1CCc2ccccc2C1. The molecule has 0 unspecified atom stereocenters. The molecule has 0 atom stereocenters. The van der Waals surface area contributed by atoms with Gasteiger partial charge < -0.3 is 15.4 Å². The maximum Gasteiger partial charge on any atom is 0.191 e. The normalized spacial score (nSPS) is 16.5. The van der Waals surface area contributed by atoms with Crippen LogP contribution in [0.1, 0.15) is 38.8 Å². The smallest absolute Gasteiger partial charge is 0.191 e. The third-order valence-corrected chi connectivity index (χ3v) is 5.13. The van der Waals surface area contributed by atoms with E-state index in [-0.39, 0.29) is 11.1 Å². The maximum atomic E-state index is 5.45. The first-order valence-electron chi connectivity index (χ1n) is 9.09. The summed E-state index contributed by atoms with van der Waals surface area (Å²) in [5, 5.41) is 6.82. The first-order valence-corrected chi connectivity index (χ1v) is 9.09. The van der Waals surface area contributed by atoms with Gasteiger partial charge in [-0.15, -0.1) is 0 Å². The Kier molecular flexibility index (Phi) is 6.47. The predicted octanol–water partition coefficient (Wildman–Crippen LogP) is 2.41. The summed E-state index contributed by atoms with van der Waals surface area (Å²) in [6.07, 6.45) is 1.12. The van der Waals surface area contributed by atoms with E-state index in [1.54, 1.807) is 14.2 Å². The molecule has 1 aliphatic rings. The summed E-state index contributed by atoms with van der Waals surface area (Å²) in [6.45, 7) is 12.3. The molecule has 0 saturated heterocycles. The number of aliphatic imine (C=N–C) groups is 1. The lowest BCUT2D eigenvalue weighted by atomic mass is 9.94. The summed E-state index contributed by atoms with van der Waals surface area (Å²) in [5.74, 6) is 0.815. The van der Waals surface area contributed by atoms with Crippen LogP contribution in [0.2, 0.25) is 0 Å². The molecule has 0 radical (unpaired) electrons. The highest BCUT2D eigenvalue weighted by Crippen LogP contribution is 2.24. The molecule has 0 saturated carbocycles. The molecule has 0 spiro atoms. The molecule has 0 aliphatic carbocycles. The van der Waals surface area contributed by atoms with E-state index in [1.165, 1.54) is 11.1 Å². The van der Waals surface area contributed by atoms with E-state index in [1.807, 2.05) is 0 Å². The van der Waals surface area contributed by atoms with Crippen LogP contribution in [-0.4, -0.2) is 55.8 Å². The third kappa shape index (κ3) is 5.44. The second kappa shape index (κ2) is 8.19. The fourth-order valence-electron chi connectivity index (χ4n) is 3.01. The number of fused-ring (bicyclic) bond motifs is 1. The molecule has 5 heteroatoms. The second-order valence-electron chi connectivity index (χ2n) is 8.00. The van der Waals surface area contributed by atoms with Crippen LogP contribution in [0.4, 0.5) is 0 Å². The molecule has 0 fully saturated rings. The number of nitrogens with one attached hydrogen (secondary N) is 2. The van der Waals surface area contributed by atoms with E-state index in [0.29, 0.717) is 6.54 Å². The van der Waals surface area contributed by atoms with Gasteiger partial charge in [0.05, 0.1) is 5.60 Å². The number of rotatable bonds is 6. The average molecular weight is 347 g/mol. The number of nitrogens with zero attached hydrogens (tertiary/aromatic N) is 2. The minimum atomic E-state index is -0.219. The molecule has 2 rings (SSSR count). The van der Waals surface area contributed by atoms with Crippen molar-refractivity contribution in [2.75, 3.05) is 33.8 Å². The zero-order valence-corrected chi connectivity index (χ0v) is 16.6. The van der Waals surface area contributed by atoms with Crippen molar-refractivity contribution in [2.24, 2.45) is 4.99 Å². The number of ether oxygens (including phenoxy) is 1. The van der Waals surface area contributed by atoms with Crippen molar-refractivity contribution in [1.29, 1.82) is 0 Å². The summed E-state index contributed by atoms with van der Waals surface area (Å²) in [6, 6.07) is 8.77. The van der Waals surface area contributed by atoms with E-state index in [4.69, 9.17) is 4.74 Å². The quantitative estimate of drug-likeness (QED) is 0.613. The van der Waals surface area contributed by atoms with Crippen LogP contribution in [-0.2, 0) is 17.7 Å². The predicted molar refractivity (Wildman–Crippen MR) is 105 cm³/mol. The summed E-state index contributed by atoms with van der Waals surface area (Å²) in [7, 11) is 3.54. The van der Waals surface area contributed by atoms with Gasteiger partial charge in [-0.1, -0.05) is 24.3 Å². The van der Waals surface area contributed by atoms with Gasteiger partial charge in [-0.3, -0.25) is 9.89 Å². The highest BCUT2D eigenvalue weighted by Gasteiger charge is 2.30. The van der Waals surface area contributed by atoms with Crippen molar-refractivity contribution < 1.29 is 4.74 Å². The summed E-state index contributed by atoms with van der Waals surface area (Å²) < 4.78 is 5.45. The molecular formula is C20H34N4O. The highest BCUT2D eigenvalue weighted by molar-refractivity contribution is 5.79. The zero-order valence-electron chi connectivity index (χ0n) is 16.6. The molecule has 140 valence electrons. The van der Waals surface area contributed by atoms with E-state index < -0.39 is 0 Å². The molecule has 1 aromatic carbocycles. The van der Waals surface area contributed by atoms with Crippen molar-refractivity contribution in [1.82, 2.24) is 15.5 Å². The number of methoxy groups -OCH3 is 1. The number of hydrogen-bond acceptors (Lipinski definition) is 3. The second-order valence-corrected chi connectivity index (χ2v) is 8.00. The van der Waals surface area contributed by atoms with Crippen molar-refractivity contribution in [2.45, 2.75) is 51.8 Å². The van der Waals surface area contributed by atoms with Crippen LogP contribution < -0.4 is 10.6 Å². The molecule has 2 N–H and O–H groups in total. The summed E-state index contributed by atoms with van der Waals surface area (Å²) >= 11 is 0. The van der Waals surface area contributed by atoms with Gasteiger partial charge in [-0.05, 0) is 45.2 Å². The van der Waals surface area contributed by atoms with Crippen LogP contribution in [0, 0.1) is 0 Å². The summed E-state index contributed by atoms with van der Waals surface area (Å²) in [5.41, 5.74) is 2.76. The lowest BCUT2D eigenvalue weighted by molar-refractivity contribution is 0.0267. The first-order chi connectivity index (χ1) is 11.8. The van der Waals surface area contributed by atoms with Crippen LogP contribution in [0.3, 0.4) is 0 Å². The van der Waals surface area contributed by atoms with Gasteiger partial charge in [-0.2, -0.15) is 0 Å². The third-order valence-electron chi connectivity index (χ3n) is 5.13. The Morgan fingerprint density at radius 1 is 1.12 bits per heavy atom. The van der Waals surface area contributed by atoms with Gasteiger partial charge in [0.15, 0.2) is 5.96 Å².